The molecule has 0 N–H and O–H groups in total. The largest absolute Gasteiger partial charge is 0.322 e. The molecule has 3 rings (SSSR count). The van der Waals surface area contributed by atoms with E-state index in [0.717, 1.165) is 11.6 Å². The van der Waals surface area contributed by atoms with Crippen LogP contribution in [0.2, 0.25) is 0 Å². The average Bonchev–Trinajstić information content (AvgIpc) is 2.98. The maximum absolute atomic E-state index is 13.8. The molecule has 20 heavy (non-hydrogen) atoms. The predicted molar refractivity (Wildman–Crippen MR) is 77.3 cm³/mol. The van der Waals surface area contributed by atoms with E-state index in [4.69, 9.17) is 11.6 Å². The van der Waals surface area contributed by atoms with Gasteiger partial charge in [-0.2, -0.15) is 11.3 Å². The molecule has 0 aliphatic carbocycles. The quantitative estimate of drug-likeness (QED) is 0.640. The number of hydrogen-bond donors (Lipinski definition) is 0. The van der Waals surface area contributed by atoms with Gasteiger partial charge in [-0.25, -0.2) is 13.8 Å². The van der Waals surface area contributed by atoms with Gasteiger partial charge in [0.15, 0.2) is 5.82 Å². The van der Waals surface area contributed by atoms with Gasteiger partial charge >= 0.3 is 0 Å². The Morgan fingerprint density at radius 1 is 1.40 bits per heavy atom. The highest BCUT2D eigenvalue weighted by Crippen LogP contribution is 2.28. The summed E-state index contributed by atoms with van der Waals surface area (Å²) < 4.78 is 29.0. The second-order valence-corrected chi connectivity index (χ2v) is 5.99. The number of fused-ring (bicyclic) bond motifs is 1. The van der Waals surface area contributed by atoms with Gasteiger partial charge in [-0.15, -0.1) is 11.6 Å². The molecule has 1 aromatic carbocycles. The van der Waals surface area contributed by atoms with E-state index in [1.54, 1.807) is 22.8 Å². The second-order valence-electron chi connectivity index (χ2n) is 4.56. The van der Waals surface area contributed by atoms with E-state index in [-0.39, 0.29) is 10.9 Å². The highest BCUT2D eigenvalue weighted by molar-refractivity contribution is 7.07. The molecular formula is C14H11ClF2N2S. The fraction of sp³-hybridized carbons (Fsp3) is 0.214. The average molecular weight is 313 g/mol. The number of alkyl halides is 1. The van der Waals surface area contributed by atoms with Gasteiger partial charge in [0.1, 0.15) is 17.2 Å². The Balaban J connectivity index is 2.23. The molecule has 2 aromatic heterocycles. The summed E-state index contributed by atoms with van der Waals surface area (Å²) in [6, 6.07) is 4.10. The molecule has 2 nitrogen and oxygen atoms in total. The normalized spacial score (nSPS) is 13.0. The Morgan fingerprint density at radius 3 is 2.85 bits per heavy atom. The van der Waals surface area contributed by atoms with Crippen molar-refractivity contribution in [2.75, 3.05) is 0 Å². The van der Waals surface area contributed by atoms with Crippen LogP contribution < -0.4 is 0 Å². The van der Waals surface area contributed by atoms with Crippen molar-refractivity contribution in [3.63, 3.8) is 0 Å². The minimum Gasteiger partial charge on any atom is -0.322 e. The van der Waals surface area contributed by atoms with Gasteiger partial charge in [0, 0.05) is 6.07 Å². The van der Waals surface area contributed by atoms with Crippen molar-refractivity contribution < 1.29 is 8.78 Å². The Morgan fingerprint density at radius 2 is 2.20 bits per heavy atom. The van der Waals surface area contributed by atoms with E-state index < -0.39 is 11.6 Å². The van der Waals surface area contributed by atoms with Crippen LogP contribution in [0.5, 0.6) is 0 Å². The summed E-state index contributed by atoms with van der Waals surface area (Å²) in [5.74, 6) is -0.741. The lowest BCUT2D eigenvalue weighted by molar-refractivity contribution is 0.590. The van der Waals surface area contributed by atoms with Crippen LogP contribution in [-0.2, 0) is 6.54 Å². The molecule has 3 aromatic rings. The number of imidazole rings is 1. The number of thiophene rings is 1. The van der Waals surface area contributed by atoms with Gasteiger partial charge in [0.05, 0.1) is 17.4 Å². The summed E-state index contributed by atoms with van der Waals surface area (Å²) in [6.07, 6.45) is 0. The number of benzene rings is 1. The lowest BCUT2D eigenvalue weighted by Gasteiger charge is -2.09. The first-order valence-corrected chi connectivity index (χ1v) is 7.44. The van der Waals surface area contributed by atoms with Crippen LogP contribution in [0.25, 0.3) is 11.0 Å². The number of aromatic nitrogens is 2. The summed E-state index contributed by atoms with van der Waals surface area (Å²) >= 11 is 7.69. The highest BCUT2D eigenvalue weighted by Gasteiger charge is 2.18. The molecule has 0 saturated heterocycles. The molecule has 1 unspecified atom stereocenters. The summed E-state index contributed by atoms with van der Waals surface area (Å²) in [4.78, 5) is 4.23. The number of halogens is 3. The predicted octanol–water partition coefficient (Wildman–Crippen LogP) is 4.72. The van der Waals surface area contributed by atoms with Gasteiger partial charge in [-0.1, -0.05) is 0 Å². The van der Waals surface area contributed by atoms with Crippen molar-refractivity contribution >= 4 is 34.0 Å². The smallest absolute Gasteiger partial charge is 0.153 e. The van der Waals surface area contributed by atoms with E-state index in [1.165, 1.54) is 6.07 Å². The summed E-state index contributed by atoms with van der Waals surface area (Å²) in [6.45, 7) is 2.26. The molecule has 0 aliphatic heterocycles. The zero-order chi connectivity index (χ0) is 14.3. The van der Waals surface area contributed by atoms with Crippen molar-refractivity contribution in [3.05, 3.63) is 52.0 Å². The van der Waals surface area contributed by atoms with Crippen molar-refractivity contribution in [1.82, 2.24) is 9.55 Å². The zero-order valence-electron chi connectivity index (χ0n) is 10.6. The second kappa shape index (κ2) is 5.14. The van der Waals surface area contributed by atoms with Gasteiger partial charge in [-0.3, -0.25) is 0 Å². The van der Waals surface area contributed by atoms with Gasteiger partial charge in [0.2, 0.25) is 0 Å². The van der Waals surface area contributed by atoms with Crippen molar-refractivity contribution in [2.24, 2.45) is 0 Å². The Kier molecular flexibility index (Phi) is 3.48. The molecule has 1 atom stereocenters. The lowest BCUT2D eigenvalue weighted by Crippen LogP contribution is -2.05. The molecule has 104 valence electrons. The molecule has 0 spiro atoms. The van der Waals surface area contributed by atoms with E-state index in [0.29, 0.717) is 17.9 Å². The number of nitrogens with zero attached hydrogens (tertiary/aromatic N) is 2. The first kappa shape index (κ1) is 13.5. The molecule has 0 amide bonds. The molecule has 0 fully saturated rings. The zero-order valence-corrected chi connectivity index (χ0v) is 12.2. The minimum atomic E-state index is -0.664. The first-order chi connectivity index (χ1) is 9.56. The maximum Gasteiger partial charge on any atom is 0.153 e. The van der Waals surface area contributed by atoms with Crippen LogP contribution in [0.15, 0.2) is 29.0 Å². The Hall–Kier alpha value is -1.46. The monoisotopic (exact) mass is 312 g/mol. The number of rotatable bonds is 3. The van der Waals surface area contributed by atoms with Gasteiger partial charge in [-0.05, 0) is 35.4 Å². The van der Waals surface area contributed by atoms with Crippen LogP contribution in [0.4, 0.5) is 8.78 Å². The lowest BCUT2D eigenvalue weighted by atomic mass is 10.2. The fourth-order valence-corrected chi connectivity index (χ4v) is 3.03. The summed E-state index contributed by atoms with van der Waals surface area (Å²) in [7, 11) is 0. The van der Waals surface area contributed by atoms with E-state index >= 15 is 0 Å². The molecule has 0 bridgehead atoms. The van der Waals surface area contributed by atoms with E-state index in [2.05, 4.69) is 4.98 Å². The first-order valence-electron chi connectivity index (χ1n) is 6.06. The third kappa shape index (κ3) is 2.31. The van der Waals surface area contributed by atoms with Gasteiger partial charge in [0.25, 0.3) is 0 Å². The topological polar surface area (TPSA) is 17.8 Å². The Bertz CT molecular complexity index is 750. The highest BCUT2D eigenvalue weighted by atomic mass is 35.5. The third-order valence-electron chi connectivity index (χ3n) is 3.08. The van der Waals surface area contributed by atoms with Crippen LogP contribution in [0.1, 0.15) is 23.7 Å². The van der Waals surface area contributed by atoms with Crippen molar-refractivity contribution in [1.29, 1.82) is 0 Å². The molecule has 0 aliphatic rings. The summed E-state index contributed by atoms with van der Waals surface area (Å²) in [5, 5.41) is 3.56. The maximum atomic E-state index is 13.8. The molecule has 0 saturated carbocycles. The molecular weight excluding hydrogens is 302 g/mol. The SMILES string of the molecule is CC(Cl)c1nc2c(F)cc(F)cc2n1Cc1ccsc1. The van der Waals surface area contributed by atoms with Crippen LogP contribution >= 0.6 is 22.9 Å². The summed E-state index contributed by atoms with van der Waals surface area (Å²) in [5.41, 5.74) is 1.64. The molecule has 2 heterocycles. The number of hydrogen-bond acceptors (Lipinski definition) is 2. The Labute approximate surface area is 123 Å². The third-order valence-corrected chi connectivity index (χ3v) is 4.01. The van der Waals surface area contributed by atoms with E-state index in [1.807, 2.05) is 16.8 Å². The van der Waals surface area contributed by atoms with Crippen molar-refractivity contribution in [3.8, 4) is 0 Å². The van der Waals surface area contributed by atoms with E-state index in [9.17, 15) is 8.78 Å². The van der Waals surface area contributed by atoms with Crippen molar-refractivity contribution in [2.45, 2.75) is 18.8 Å². The van der Waals surface area contributed by atoms with Crippen LogP contribution in [0.3, 0.4) is 0 Å². The minimum absolute atomic E-state index is 0.157. The van der Waals surface area contributed by atoms with Crippen LogP contribution in [0, 0.1) is 11.6 Å². The molecule has 6 heteroatoms. The van der Waals surface area contributed by atoms with Crippen LogP contribution in [-0.4, -0.2) is 9.55 Å². The fourth-order valence-electron chi connectivity index (χ4n) is 2.20. The van der Waals surface area contributed by atoms with Gasteiger partial charge < -0.3 is 4.57 Å². The molecule has 0 radical (unpaired) electrons. The standard InChI is InChI=1S/C14H11ClF2N2S/c1-8(15)14-18-13-11(17)4-10(16)5-12(13)19(14)6-9-2-3-20-7-9/h2-5,7-8H,6H2,1H3.